The van der Waals surface area contributed by atoms with Crippen LogP contribution in [0.1, 0.15) is 36.0 Å². The van der Waals surface area contributed by atoms with E-state index in [1.54, 1.807) is 0 Å². The summed E-state index contributed by atoms with van der Waals surface area (Å²) in [6, 6.07) is 2.56. The number of carboxylic acid groups (broad SMARTS) is 1. The van der Waals surface area contributed by atoms with Crippen LogP contribution in [0.5, 0.6) is 5.75 Å². The van der Waals surface area contributed by atoms with E-state index in [4.69, 9.17) is 10.8 Å². The fourth-order valence-electron chi connectivity index (χ4n) is 2.43. The Morgan fingerprint density at radius 2 is 1.95 bits per heavy atom. The van der Waals surface area contributed by atoms with Gasteiger partial charge in [0.15, 0.2) is 0 Å². The summed E-state index contributed by atoms with van der Waals surface area (Å²) in [5.74, 6) is -1.87. The number of carboxylic acids is 1. The number of aromatic carboxylic acids is 1. The third-order valence-electron chi connectivity index (χ3n) is 3.63. The second kappa shape index (κ2) is 6.00. The van der Waals surface area contributed by atoms with Gasteiger partial charge in [-0.2, -0.15) is 0 Å². The van der Waals surface area contributed by atoms with Gasteiger partial charge in [0.2, 0.25) is 10.0 Å². The standard InChI is InChI=1S/C13H18N2O5S/c14-10-3-1-2-4-11(10)15-21(19,20)8-5-6-12(16)9(7-8)13(17)18/h5-7,10-11,15-16H,1-4,14H2,(H,17,18). The van der Waals surface area contributed by atoms with Gasteiger partial charge in [-0.05, 0) is 31.0 Å². The Bertz CT molecular complexity index is 644. The van der Waals surface area contributed by atoms with Crippen molar-refractivity contribution in [1.29, 1.82) is 0 Å². The SMILES string of the molecule is NC1CCCCC1NS(=O)(=O)c1ccc(O)c(C(=O)O)c1. The summed E-state index contributed by atoms with van der Waals surface area (Å²) in [5.41, 5.74) is 5.45. The van der Waals surface area contributed by atoms with Crippen LogP contribution in [0.25, 0.3) is 0 Å². The number of phenols is 1. The highest BCUT2D eigenvalue weighted by Gasteiger charge is 2.28. The molecule has 1 saturated carbocycles. The zero-order valence-corrected chi connectivity index (χ0v) is 12.1. The summed E-state index contributed by atoms with van der Waals surface area (Å²) in [6.45, 7) is 0. The number of hydrogen-bond acceptors (Lipinski definition) is 5. The van der Waals surface area contributed by atoms with Crippen molar-refractivity contribution in [3.05, 3.63) is 23.8 Å². The predicted octanol–water partition coefficient (Wildman–Crippen LogP) is 0.639. The maximum absolute atomic E-state index is 12.3. The van der Waals surface area contributed by atoms with Crippen molar-refractivity contribution < 1.29 is 23.4 Å². The second-order valence-electron chi connectivity index (χ2n) is 5.16. The van der Waals surface area contributed by atoms with Gasteiger partial charge in [0.1, 0.15) is 11.3 Å². The summed E-state index contributed by atoms with van der Waals surface area (Å²) in [6.07, 6.45) is 3.28. The first kappa shape index (κ1) is 15.7. The molecule has 0 radical (unpaired) electrons. The average Bonchev–Trinajstić information content (AvgIpc) is 2.41. The van der Waals surface area contributed by atoms with Gasteiger partial charge < -0.3 is 15.9 Å². The minimum atomic E-state index is -3.87. The maximum atomic E-state index is 12.3. The van der Waals surface area contributed by atoms with Crippen molar-refractivity contribution >= 4 is 16.0 Å². The molecule has 0 saturated heterocycles. The van der Waals surface area contributed by atoms with Gasteiger partial charge in [0.05, 0.1) is 4.90 Å². The number of sulfonamides is 1. The maximum Gasteiger partial charge on any atom is 0.339 e. The van der Waals surface area contributed by atoms with Gasteiger partial charge in [-0.25, -0.2) is 17.9 Å². The monoisotopic (exact) mass is 314 g/mol. The number of aromatic hydroxyl groups is 1. The minimum absolute atomic E-state index is 0.199. The predicted molar refractivity (Wildman–Crippen MR) is 75.6 cm³/mol. The molecule has 1 aliphatic carbocycles. The van der Waals surface area contributed by atoms with E-state index >= 15 is 0 Å². The fourth-order valence-corrected chi connectivity index (χ4v) is 3.77. The number of hydrogen-bond donors (Lipinski definition) is 4. The molecule has 8 heteroatoms. The first-order valence-corrected chi connectivity index (χ1v) is 8.14. The molecule has 2 rings (SSSR count). The Morgan fingerprint density at radius 3 is 2.57 bits per heavy atom. The normalized spacial score (nSPS) is 22.9. The number of rotatable bonds is 4. The second-order valence-corrected chi connectivity index (χ2v) is 6.87. The Kier molecular flexibility index (Phi) is 4.50. The lowest BCUT2D eigenvalue weighted by molar-refractivity contribution is 0.0693. The van der Waals surface area contributed by atoms with Gasteiger partial charge >= 0.3 is 5.97 Å². The van der Waals surface area contributed by atoms with Crippen molar-refractivity contribution in [2.75, 3.05) is 0 Å². The van der Waals surface area contributed by atoms with Crippen molar-refractivity contribution in [2.24, 2.45) is 5.73 Å². The van der Waals surface area contributed by atoms with Crippen LogP contribution < -0.4 is 10.5 Å². The van der Waals surface area contributed by atoms with Crippen LogP contribution in [-0.2, 0) is 10.0 Å². The summed E-state index contributed by atoms with van der Waals surface area (Å²) < 4.78 is 27.1. The quantitative estimate of drug-likeness (QED) is 0.645. The Hall–Kier alpha value is -1.64. The van der Waals surface area contributed by atoms with Crippen LogP contribution >= 0.6 is 0 Å². The van der Waals surface area contributed by atoms with E-state index in [9.17, 15) is 18.3 Å². The summed E-state index contributed by atoms with van der Waals surface area (Å²) >= 11 is 0. The molecular formula is C13H18N2O5S. The first-order valence-electron chi connectivity index (χ1n) is 6.65. The fraction of sp³-hybridized carbons (Fsp3) is 0.462. The molecule has 0 aliphatic heterocycles. The molecular weight excluding hydrogens is 296 g/mol. The first-order chi connectivity index (χ1) is 9.81. The molecule has 0 amide bonds. The van der Waals surface area contributed by atoms with Crippen molar-refractivity contribution in [3.8, 4) is 5.75 Å². The molecule has 2 atom stereocenters. The molecule has 116 valence electrons. The summed E-state index contributed by atoms with van der Waals surface area (Å²) in [4.78, 5) is 10.7. The highest BCUT2D eigenvalue weighted by atomic mass is 32.2. The number of nitrogens with two attached hydrogens (primary N) is 1. The third-order valence-corrected chi connectivity index (χ3v) is 5.12. The molecule has 21 heavy (non-hydrogen) atoms. The third kappa shape index (κ3) is 3.52. The zero-order chi connectivity index (χ0) is 15.6. The van der Waals surface area contributed by atoms with Gasteiger partial charge in [-0.3, -0.25) is 0 Å². The largest absolute Gasteiger partial charge is 0.507 e. The Balaban J connectivity index is 2.27. The highest BCUT2D eigenvalue weighted by molar-refractivity contribution is 7.89. The zero-order valence-electron chi connectivity index (χ0n) is 11.3. The van der Waals surface area contributed by atoms with Crippen LogP contribution in [0.15, 0.2) is 23.1 Å². The minimum Gasteiger partial charge on any atom is -0.507 e. The molecule has 0 aromatic heterocycles. The topological polar surface area (TPSA) is 130 Å². The molecule has 0 bridgehead atoms. The molecule has 1 aromatic rings. The van der Waals surface area contributed by atoms with Crippen LogP contribution in [0, 0.1) is 0 Å². The van der Waals surface area contributed by atoms with E-state index in [0.717, 1.165) is 31.4 Å². The van der Waals surface area contributed by atoms with Gasteiger partial charge in [0, 0.05) is 12.1 Å². The van der Waals surface area contributed by atoms with Crippen LogP contribution in [0.2, 0.25) is 0 Å². The summed E-state index contributed by atoms with van der Waals surface area (Å²) in [7, 11) is -3.87. The molecule has 0 spiro atoms. The molecule has 1 aromatic carbocycles. The van der Waals surface area contributed by atoms with E-state index in [0.29, 0.717) is 6.42 Å². The lowest BCUT2D eigenvalue weighted by Crippen LogP contribution is -2.49. The number of benzene rings is 1. The summed E-state index contributed by atoms with van der Waals surface area (Å²) in [5, 5.41) is 18.3. The smallest absolute Gasteiger partial charge is 0.339 e. The Morgan fingerprint density at radius 1 is 1.29 bits per heavy atom. The number of nitrogens with one attached hydrogen (secondary N) is 1. The van der Waals surface area contributed by atoms with E-state index in [2.05, 4.69) is 4.72 Å². The van der Waals surface area contributed by atoms with Gasteiger partial charge in [-0.1, -0.05) is 12.8 Å². The Labute approximate surface area is 122 Å². The molecule has 2 unspecified atom stereocenters. The number of carbonyl (C=O) groups is 1. The lowest BCUT2D eigenvalue weighted by Gasteiger charge is -2.29. The van der Waals surface area contributed by atoms with Crippen LogP contribution in [0.3, 0.4) is 0 Å². The molecule has 5 N–H and O–H groups in total. The lowest BCUT2D eigenvalue weighted by atomic mass is 9.92. The molecule has 7 nitrogen and oxygen atoms in total. The van der Waals surface area contributed by atoms with E-state index in [1.807, 2.05) is 0 Å². The van der Waals surface area contributed by atoms with Gasteiger partial charge in [-0.15, -0.1) is 0 Å². The highest BCUT2D eigenvalue weighted by Crippen LogP contribution is 2.23. The van der Waals surface area contributed by atoms with Crippen LogP contribution in [0.4, 0.5) is 0 Å². The van der Waals surface area contributed by atoms with Gasteiger partial charge in [0.25, 0.3) is 0 Å². The van der Waals surface area contributed by atoms with E-state index in [-0.39, 0.29) is 17.0 Å². The average molecular weight is 314 g/mol. The van der Waals surface area contributed by atoms with Crippen molar-refractivity contribution in [3.63, 3.8) is 0 Å². The van der Waals surface area contributed by atoms with Crippen LogP contribution in [-0.4, -0.2) is 36.7 Å². The van der Waals surface area contributed by atoms with E-state index in [1.165, 1.54) is 6.07 Å². The van der Waals surface area contributed by atoms with Crippen molar-refractivity contribution in [2.45, 2.75) is 42.7 Å². The molecule has 1 aliphatic rings. The molecule has 1 fully saturated rings. The van der Waals surface area contributed by atoms with Crippen molar-refractivity contribution in [1.82, 2.24) is 4.72 Å². The van der Waals surface area contributed by atoms with E-state index < -0.39 is 27.3 Å². The molecule has 0 heterocycles.